The highest BCUT2D eigenvalue weighted by atomic mass is 16.5. The molecule has 2 aliphatic rings. The number of nitrogens with one attached hydrogen (secondary N) is 1. The summed E-state index contributed by atoms with van der Waals surface area (Å²) in [5, 5.41) is 23.3. The van der Waals surface area contributed by atoms with E-state index in [1.807, 2.05) is 66.7 Å². The van der Waals surface area contributed by atoms with Gasteiger partial charge in [-0.2, -0.15) is 0 Å². The van der Waals surface area contributed by atoms with E-state index in [4.69, 9.17) is 4.74 Å². The second-order valence-corrected chi connectivity index (χ2v) is 14.7. The predicted octanol–water partition coefficient (Wildman–Crippen LogP) is 9.48. The number of carbonyl (C=O) groups excluding carboxylic acids is 1. The number of benzene rings is 3. The number of hydrogen-bond acceptors (Lipinski definition) is 4. The van der Waals surface area contributed by atoms with E-state index >= 15 is 0 Å². The highest BCUT2D eigenvalue weighted by molar-refractivity contribution is 5.93. The van der Waals surface area contributed by atoms with Gasteiger partial charge in [0.25, 0.3) is 0 Å². The Morgan fingerprint density at radius 3 is 2.09 bits per heavy atom. The Morgan fingerprint density at radius 1 is 0.851 bits per heavy atom. The third kappa shape index (κ3) is 8.43. The molecule has 7 nitrogen and oxygen atoms in total. The van der Waals surface area contributed by atoms with Gasteiger partial charge in [-0.25, -0.2) is 0 Å². The number of carbonyl (C=O) groups is 3. The molecule has 250 valence electrons. The van der Waals surface area contributed by atoms with Crippen LogP contribution in [0.2, 0.25) is 0 Å². The van der Waals surface area contributed by atoms with Crippen LogP contribution in [0.15, 0.2) is 66.7 Å². The highest BCUT2D eigenvalue weighted by Gasteiger charge is 2.40. The second-order valence-electron chi connectivity index (χ2n) is 14.7. The smallest absolute Gasteiger partial charge is 0.310 e. The molecule has 5 rings (SSSR count). The summed E-state index contributed by atoms with van der Waals surface area (Å²) in [6, 6.07) is 21.6. The third-order valence-corrected chi connectivity index (χ3v) is 10.2. The van der Waals surface area contributed by atoms with E-state index in [1.165, 1.54) is 32.1 Å². The number of amides is 1. The average Bonchev–Trinajstić information content (AvgIpc) is 3.03. The van der Waals surface area contributed by atoms with Crippen molar-refractivity contribution in [3.63, 3.8) is 0 Å². The van der Waals surface area contributed by atoms with Crippen molar-refractivity contribution in [3.8, 4) is 11.5 Å². The molecule has 0 saturated heterocycles. The first-order valence-electron chi connectivity index (χ1n) is 17.2. The van der Waals surface area contributed by atoms with Gasteiger partial charge in [-0.05, 0) is 59.9 Å². The number of hydrogen-bond donors (Lipinski definition) is 3. The lowest BCUT2D eigenvalue weighted by Gasteiger charge is -2.30. The minimum absolute atomic E-state index is 0.127. The Bertz CT molecular complexity index is 1540. The highest BCUT2D eigenvalue weighted by Crippen LogP contribution is 2.46. The third-order valence-electron chi connectivity index (χ3n) is 10.2. The monoisotopic (exact) mass is 639 g/mol. The summed E-state index contributed by atoms with van der Waals surface area (Å²) >= 11 is 0. The Balaban J connectivity index is 1.34. The van der Waals surface area contributed by atoms with Crippen molar-refractivity contribution in [3.05, 3.63) is 89.0 Å². The standard InChI is InChI=1S/C40H49NO6/c1-39(2,3)32-20-19-28(21-23-40(38(45)46,26-37(43)44)22-11-14-27-12-5-4-6-13-27)24-33(32)41-36(42)25-31-29-15-7-9-17-34(29)47-35-18-10-8-16-30(31)35/h7-10,15-20,24,27,31H,4-6,11-14,21-23,25-26H2,1-3H3,(H,41,42)(H,43,44)(H,45,46). The fourth-order valence-corrected chi connectivity index (χ4v) is 7.59. The molecule has 0 spiro atoms. The summed E-state index contributed by atoms with van der Waals surface area (Å²) < 4.78 is 6.13. The van der Waals surface area contributed by atoms with E-state index in [0.717, 1.165) is 40.2 Å². The van der Waals surface area contributed by atoms with Gasteiger partial charge < -0.3 is 20.3 Å². The quantitative estimate of drug-likeness (QED) is 0.172. The van der Waals surface area contributed by atoms with Crippen molar-refractivity contribution in [2.75, 3.05) is 5.32 Å². The largest absolute Gasteiger partial charge is 0.481 e. The number of rotatable bonds is 13. The van der Waals surface area contributed by atoms with Gasteiger partial charge in [-0.15, -0.1) is 0 Å². The van der Waals surface area contributed by atoms with Gasteiger partial charge in [0.1, 0.15) is 11.5 Å². The fraction of sp³-hybridized carbons (Fsp3) is 0.475. The van der Waals surface area contributed by atoms with Crippen LogP contribution in [0.1, 0.15) is 120 Å². The lowest BCUT2D eigenvalue weighted by atomic mass is 9.73. The number of para-hydroxylation sites is 2. The minimum atomic E-state index is -1.34. The molecule has 1 unspecified atom stereocenters. The van der Waals surface area contributed by atoms with E-state index in [2.05, 4.69) is 26.1 Å². The van der Waals surface area contributed by atoms with Crippen molar-refractivity contribution in [2.45, 2.75) is 109 Å². The Labute approximate surface area is 278 Å². The fourth-order valence-electron chi connectivity index (χ4n) is 7.59. The molecule has 0 radical (unpaired) electrons. The number of ether oxygens (including phenoxy) is 1. The van der Waals surface area contributed by atoms with Crippen molar-refractivity contribution < 1.29 is 29.3 Å². The molecule has 1 saturated carbocycles. The average molecular weight is 640 g/mol. The maximum atomic E-state index is 13.8. The molecular formula is C40H49NO6. The SMILES string of the molecule is CC(C)(C)c1ccc(CCC(CCCC2CCCCC2)(CC(=O)O)C(=O)O)cc1NC(=O)CC1c2ccccc2Oc2ccccc21. The molecule has 1 aliphatic carbocycles. The first kappa shape index (κ1) is 34.2. The predicted molar refractivity (Wildman–Crippen MR) is 184 cm³/mol. The van der Waals surface area contributed by atoms with Crippen molar-refractivity contribution >= 4 is 23.5 Å². The van der Waals surface area contributed by atoms with Gasteiger partial charge >= 0.3 is 11.9 Å². The second kappa shape index (κ2) is 14.7. The summed E-state index contributed by atoms with van der Waals surface area (Å²) in [5.74, 6) is -0.306. The topological polar surface area (TPSA) is 113 Å². The van der Waals surface area contributed by atoms with Crippen LogP contribution in [-0.2, 0) is 26.2 Å². The van der Waals surface area contributed by atoms with E-state index in [0.29, 0.717) is 30.9 Å². The molecule has 3 N–H and O–H groups in total. The van der Waals surface area contributed by atoms with Crippen LogP contribution in [0.4, 0.5) is 5.69 Å². The van der Waals surface area contributed by atoms with Crippen LogP contribution in [0, 0.1) is 11.3 Å². The van der Waals surface area contributed by atoms with E-state index in [-0.39, 0.29) is 30.1 Å². The summed E-state index contributed by atoms with van der Waals surface area (Å²) in [6.45, 7) is 6.28. The van der Waals surface area contributed by atoms with Gasteiger partial charge in [0.15, 0.2) is 0 Å². The molecule has 3 aromatic carbocycles. The molecular weight excluding hydrogens is 590 g/mol. The maximum Gasteiger partial charge on any atom is 0.310 e. The summed E-state index contributed by atoms with van der Waals surface area (Å²) in [7, 11) is 0. The molecule has 0 bridgehead atoms. The lowest BCUT2D eigenvalue weighted by molar-refractivity contribution is -0.157. The van der Waals surface area contributed by atoms with Crippen molar-refractivity contribution in [2.24, 2.45) is 11.3 Å². The Hall–Kier alpha value is -4.13. The van der Waals surface area contributed by atoms with Crippen LogP contribution in [-0.4, -0.2) is 28.1 Å². The van der Waals surface area contributed by atoms with Crippen LogP contribution in [0.5, 0.6) is 11.5 Å². The van der Waals surface area contributed by atoms with Gasteiger partial charge in [0, 0.05) is 29.2 Å². The first-order chi connectivity index (χ1) is 22.4. The zero-order chi connectivity index (χ0) is 33.6. The maximum absolute atomic E-state index is 13.8. The molecule has 1 fully saturated rings. The normalized spacial score (nSPS) is 16.3. The van der Waals surface area contributed by atoms with E-state index < -0.39 is 23.8 Å². The number of carboxylic acid groups (broad SMARTS) is 2. The molecule has 1 heterocycles. The molecule has 1 atom stereocenters. The van der Waals surface area contributed by atoms with Gasteiger partial charge in [-0.3, -0.25) is 14.4 Å². The van der Waals surface area contributed by atoms with Crippen LogP contribution >= 0.6 is 0 Å². The molecule has 47 heavy (non-hydrogen) atoms. The van der Waals surface area contributed by atoms with E-state index in [9.17, 15) is 24.6 Å². The molecule has 1 amide bonds. The number of carboxylic acids is 2. The number of aliphatic carboxylic acids is 2. The number of fused-ring (bicyclic) bond motifs is 2. The van der Waals surface area contributed by atoms with Gasteiger partial charge in [0.05, 0.1) is 11.8 Å². The number of anilines is 1. The molecule has 3 aromatic rings. The molecule has 1 aliphatic heterocycles. The lowest BCUT2D eigenvalue weighted by Crippen LogP contribution is -2.34. The number of aryl methyl sites for hydroxylation is 1. The van der Waals surface area contributed by atoms with E-state index in [1.54, 1.807) is 0 Å². The summed E-state index contributed by atoms with van der Waals surface area (Å²) in [4.78, 5) is 38.4. The zero-order valence-electron chi connectivity index (χ0n) is 28.0. The van der Waals surface area contributed by atoms with Crippen molar-refractivity contribution in [1.82, 2.24) is 0 Å². The van der Waals surface area contributed by atoms with Gasteiger partial charge in [-0.1, -0.05) is 114 Å². The molecule has 7 heteroatoms. The first-order valence-corrected chi connectivity index (χ1v) is 17.2. The summed E-state index contributed by atoms with van der Waals surface area (Å²) in [6.07, 6.45) is 8.55. The Kier molecular flexibility index (Phi) is 10.7. The van der Waals surface area contributed by atoms with Crippen LogP contribution in [0.25, 0.3) is 0 Å². The van der Waals surface area contributed by atoms with Crippen LogP contribution in [0.3, 0.4) is 0 Å². The Morgan fingerprint density at radius 2 is 1.49 bits per heavy atom. The molecule has 0 aromatic heterocycles. The van der Waals surface area contributed by atoms with Gasteiger partial charge in [0.2, 0.25) is 5.91 Å². The zero-order valence-corrected chi connectivity index (χ0v) is 28.0. The van der Waals surface area contributed by atoms with Crippen LogP contribution < -0.4 is 10.1 Å². The summed E-state index contributed by atoms with van der Waals surface area (Å²) in [5.41, 5.74) is 2.90. The minimum Gasteiger partial charge on any atom is -0.481 e. The van der Waals surface area contributed by atoms with Crippen molar-refractivity contribution in [1.29, 1.82) is 0 Å².